The van der Waals surface area contributed by atoms with Gasteiger partial charge in [0.05, 0.1) is 7.11 Å². The Hall–Kier alpha value is -2.35. The number of carboxylic acids is 1. The number of ether oxygens (including phenoxy) is 1. The summed E-state index contributed by atoms with van der Waals surface area (Å²) in [6, 6.07) is 10.0. The number of alkyl halides is 3. The van der Waals surface area contributed by atoms with Crippen LogP contribution in [0.3, 0.4) is 0 Å². The van der Waals surface area contributed by atoms with Crippen LogP contribution in [0.25, 0.3) is 0 Å². The van der Waals surface area contributed by atoms with Crippen molar-refractivity contribution in [1.29, 1.82) is 0 Å². The predicted octanol–water partition coefficient (Wildman–Crippen LogP) is 2.31. The van der Waals surface area contributed by atoms with Gasteiger partial charge in [-0.05, 0) is 18.4 Å². The molecule has 5 nitrogen and oxygen atoms in total. The first kappa shape index (κ1) is 20.6. The van der Waals surface area contributed by atoms with E-state index in [2.05, 4.69) is 16.9 Å². The second-order valence-corrected chi connectivity index (χ2v) is 4.37. The van der Waals surface area contributed by atoms with Crippen LogP contribution in [0.4, 0.5) is 13.2 Å². The minimum atomic E-state index is -5.08. The maximum atomic E-state index is 10.8. The van der Waals surface area contributed by atoms with E-state index in [9.17, 15) is 18.0 Å². The molecule has 0 bridgehead atoms. The lowest BCUT2D eigenvalue weighted by molar-refractivity contribution is -0.192. The molecule has 0 fully saturated rings. The number of methoxy groups -OCH3 is 1. The van der Waals surface area contributed by atoms with Crippen LogP contribution in [-0.4, -0.2) is 36.4 Å². The number of carbonyl (C=O) groups excluding carboxylic acids is 1. The molecule has 1 rings (SSSR count). The van der Waals surface area contributed by atoms with E-state index in [1.54, 1.807) is 6.08 Å². The minimum absolute atomic E-state index is 0.112. The number of esters is 1. The fourth-order valence-corrected chi connectivity index (χ4v) is 1.34. The van der Waals surface area contributed by atoms with E-state index in [4.69, 9.17) is 15.6 Å². The molecule has 0 aliphatic carbocycles. The molecule has 0 amide bonds. The molecule has 1 atom stereocenters. The minimum Gasteiger partial charge on any atom is -0.475 e. The van der Waals surface area contributed by atoms with Gasteiger partial charge in [0.2, 0.25) is 0 Å². The van der Waals surface area contributed by atoms with Gasteiger partial charge < -0.3 is 15.6 Å². The van der Waals surface area contributed by atoms with E-state index in [1.165, 1.54) is 18.7 Å². The number of nitrogens with two attached hydrogens (primary N) is 1. The van der Waals surface area contributed by atoms with Gasteiger partial charge in [-0.3, -0.25) is 0 Å². The molecule has 0 radical (unpaired) electrons. The van der Waals surface area contributed by atoms with Crippen LogP contribution in [0.2, 0.25) is 0 Å². The first-order valence-corrected chi connectivity index (χ1v) is 6.52. The van der Waals surface area contributed by atoms with E-state index in [1.807, 2.05) is 18.2 Å². The molecule has 0 saturated carbocycles. The van der Waals surface area contributed by atoms with Crippen molar-refractivity contribution in [1.82, 2.24) is 0 Å². The highest BCUT2D eigenvalue weighted by Crippen LogP contribution is 2.13. The molecule has 1 aromatic carbocycles. The number of aliphatic carboxylic acids is 1. The van der Waals surface area contributed by atoms with Crippen LogP contribution in [0, 0.1) is 0 Å². The summed E-state index contributed by atoms with van der Waals surface area (Å²) in [5.41, 5.74) is 7.08. The van der Waals surface area contributed by atoms with Crippen molar-refractivity contribution in [2.75, 3.05) is 7.11 Å². The fraction of sp³-hybridized carbons (Fsp3) is 0.333. The summed E-state index contributed by atoms with van der Waals surface area (Å²) < 4.78 is 36.2. The molecule has 23 heavy (non-hydrogen) atoms. The maximum absolute atomic E-state index is 10.8. The van der Waals surface area contributed by atoms with Crippen molar-refractivity contribution in [3.8, 4) is 0 Å². The van der Waals surface area contributed by atoms with Crippen LogP contribution < -0.4 is 5.73 Å². The summed E-state index contributed by atoms with van der Waals surface area (Å²) in [4.78, 5) is 19.7. The van der Waals surface area contributed by atoms with Gasteiger partial charge >= 0.3 is 18.1 Å². The zero-order chi connectivity index (χ0) is 17.9. The highest BCUT2D eigenvalue weighted by Gasteiger charge is 2.38. The van der Waals surface area contributed by atoms with Crippen molar-refractivity contribution >= 4 is 11.9 Å². The van der Waals surface area contributed by atoms with E-state index in [-0.39, 0.29) is 12.0 Å². The molecule has 0 saturated heterocycles. The van der Waals surface area contributed by atoms with Crippen LogP contribution >= 0.6 is 0 Å². The normalized spacial score (nSPS) is 12.2. The topological polar surface area (TPSA) is 89.6 Å². The van der Waals surface area contributed by atoms with Gasteiger partial charge in [-0.15, -0.1) is 0 Å². The molecule has 0 heterocycles. The second kappa shape index (κ2) is 10.4. The van der Waals surface area contributed by atoms with Crippen molar-refractivity contribution < 1.29 is 32.6 Å². The third-order valence-corrected chi connectivity index (χ3v) is 2.53. The highest BCUT2D eigenvalue weighted by atomic mass is 19.4. The summed E-state index contributed by atoms with van der Waals surface area (Å²) in [5, 5.41) is 7.12. The predicted molar refractivity (Wildman–Crippen MR) is 77.6 cm³/mol. The van der Waals surface area contributed by atoms with Gasteiger partial charge in [-0.2, -0.15) is 13.2 Å². The summed E-state index contributed by atoms with van der Waals surface area (Å²) in [6.07, 6.45) is -0.310. The van der Waals surface area contributed by atoms with Crippen molar-refractivity contribution in [3.05, 3.63) is 48.0 Å². The zero-order valence-electron chi connectivity index (χ0n) is 12.4. The molecule has 0 spiro atoms. The average Bonchev–Trinajstić information content (AvgIpc) is 2.51. The number of aryl methyl sites for hydroxylation is 1. The van der Waals surface area contributed by atoms with Crippen LogP contribution in [0.1, 0.15) is 12.0 Å². The Bertz CT molecular complexity index is 515. The maximum Gasteiger partial charge on any atom is 0.490 e. The lowest BCUT2D eigenvalue weighted by atomic mass is 10.1. The standard InChI is InChI=1S/C13H17NO2.C2HF3O2/c1-16-13(15)10-9-12(14)8-7-11-5-3-2-4-6-11;3-2(4,5)1(6)7/h2-6,9-10,12H,7-8,14H2,1H3;(H,6,7)/b10-9+;/t12-;/m0./s1. The largest absolute Gasteiger partial charge is 0.490 e. The number of hydrogen-bond donors (Lipinski definition) is 2. The molecule has 128 valence electrons. The Morgan fingerprint density at radius 1 is 1.30 bits per heavy atom. The van der Waals surface area contributed by atoms with Crippen LogP contribution in [-0.2, 0) is 20.7 Å². The van der Waals surface area contributed by atoms with Crippen molar-refractivity contribution in [2.24, 2.45) is 5.73 Å². The van der Waals surface area contributed by atoms with Gasteiger partial charge in [0.1, 0.15) is 0 Å². The molecule has 0 aliphatic heterocycles. The second-order valence-electron chi connectivity index (χ2n) is 4.37. The van der Waals surface area contributed by atoms with E-state index in [0.29, 0.717) is 0 Å². The Morgan fingerprint density at radius 2 is 1.83 bits per heavy atom. The third-order valence-electron chi connectivity index (χ3n) is 2.53. The van der Waals surface area contributed by atoms with Gasteiger partial charge in [0.25, 0.3) is 0 Å². The third kappa shape index (κ3) is 10.9. The summed E-state index contributed by atoms with van der Waals surface area (Å²) in [7, 11) is 1.35. The Labute approximate surface area is 131 Å². The van der Waals surface area contributed by atoms with Gasteiger partial charge in [0.15, 0.2) is 0 Å². The molecule has 1 aromatic rings. The first-order chi connectivity index (χ1) is 10.7. The zero-order valence-corrected chi connectivity index (χ0v) is 12.4. The fourth-order valence-electron chi connectivity index (χ4n) is 1.34. The highest BCUT2D eigenvalue weighted by molar-refractivity contribution is 5.81. The van der Waals surface area contributed by atoms with Crippen LogP contribution in [0.5, 0.6) is 0 Å². The summed E-state index contributed by atoms with van der Waals surface area (Å²) in [6.45, 7) is 0. The molecular formula is C15H18F3NO4. The van der Waals surface area contributed by atoms with Gasteiger partial charge in [-0.1, -0.05) is 36.4 Å². The number of rotatable bonds is 5. The van der Waals surface area contributed by atoms with E-state index in [0.717, 1.165) is 12.8 Å². The van der Waals surface area contributed by atoms with Crippen LogP contribution in [0.15, 0.2) is 42.5 Å². The first-order valence-electron chi connectivity index (χ1n) is 6.52. The number of carboxylic acid groups (broad SMARTS) is 1. The SMILES string of the molecule is COC(=O)/C=C/[C@@H](N)CCc1ccccc1.O=C(O)C(F)(F)F. The van der Waals surface area contributed by atoms with E-state index >= 15 is 0 Å². The number of hydrogen-bond acceptors (Lipinski definition) is 4. The monoisotopic (exact) mass is 333 g/mol. The van der Waals surface area contributed by atoms with Gasteiger partial charge in [-0.25, -0.2) is 9.59 Å². The lowest BCUT2D eigenvalue weighted by Crippen LogP contribution is -2.21. The van der Waals surface area contributed by atoms with Gasteiger partial charge in [0, 0.05) is 12.1 Å². The number of carbonyl (C=O) groups is 2. The van der Waals surface area contributed by atoms with E-state index < -0.39 is 12.1 Å². The Balaban J connectivity index is 0.000000585. The Morgan fingerprint density at radius 3 is 2.26 bits per heavy atom. The average molecular weight is 333 g/mol. The van der Waals surface area contributed by atoms with Crippen molar-refractivity contribution in [2.45, 2.75) is 25.1 Å². The quantitative estimate of drug-likeness (QED) is 0.637. The molecular weight excluding hydrogens is 315 g/mol. The summed E-state index contributed by atoms with van der Waals surface area (Å²) in [5.74, 6) is -3.12. The molecule has 0 aliphatic rings. The molecule has 0 aromatic heterocycles. The molecule has 3 N–H and O–H groups in total. The molecule has 0 unspecified atom stereocenters. The lowest BCUT2D eigenvalue weighted by Gasteiger charge is -2.05. The molecule has 8 heteroatoms. The number of benzene rings is 1. The number of halogens is 3. The van der Waals surface area contributed by atoms with Crippen molar-refractivity contribution in [3.63, 3.8) is 0 Å². The Kier molecular flexibility index (Phi) is 9.33. The summed E-state index contributed by atoms with van der Waals surface area (Å²) >= 11 is 0. The smallest absolute Gasteiger partial charge is 0.475 e.